The lowest BCUT2D eigenvalue weighted by molar-refractivity contribution is -0.00549. The van der Waals surface area contributed by atoms with E-state index in [1.54, 1.807) is 0 Å². The quantitative estimate of drug-likeness (QED) is 0.871. The van der Waals surface area contributed by atoms with Crippen molar-refractivity contribution in [1.29, 1.82) is 0 Å². The fourth-order valence-corrected chi connectivity index (χ4v) is 2.46. The van der Waals surface area contributed by atoms with Crippen LogP contribution >= 0.6 is 0 Å². The Hall–Kier alpha value is -0.980. The molecule has 1 saturated heterocycles. The molecule has 2 fully saturated rings. The topological polar surface area (TPSA) is 83.4 Å². The molecule has 3 atom stereocenters. The fourth-order valence-electron chi connectivity index (χ4n) is 2.46. The van der Waals surface area contributed by atoms with Crippen LogP contribution in [-0.2, 0) is 9.47 Å². The Morgan fingerprint density at radius 1 is 1.42 bits per heavy atom. The second-order valence-corrected chi connectivity index (χ2v) is 5.45. The molecule has 0 aromatic carbocycles. The van der Waals surface area contributed by atoms with Crippen molar-refractivity contribution < 1.29 is 14.0 Å². The molecule has 106 valence electrons. The van der Waals surface area contributed by atoms with Crippen molar-refractivity contribution in [3.8, 4) is 0 Å². The second kappa shape index (κ2) is 5.56. The standard InChI is InChI=1S/C13H21N3O3/c1-8-10(5-6-17-8)13-15-12(16-19-13)11(14)7-18-9-3-2-4-9/h8-11H,2-7,14H2,1H3. The molecule has 6 nitrogen and oxygen atoms in total. The predicted octanol–water partition coefficient (Wildman–Crippen LogP) is 1.53. The highest BCUT2D eigenvalue weighted by Crippen LogP contribution is 2.30. The fraction of sp³-hybridized carbons (Fsp3) is 0.846. The summed E-state index contributed by atoms with van der Waals surface area (Å²) in [5, 5.41) is 3.97. The molecule has 1 saturated carbocycles. The molecule has 1 aliphatic carbocycles. The molecule has 0 spiro atoms. The number of hydrogen-bond acceptors (Lipinski definition) is 6. The molecule has 1 aromatic rings. The van der Waals surface area contributed by atoms with E-state index in [0.717, 1.165) is 25.9 Å². The van der Waals surface area contributed by atoms with Crippen LogP contribution in [0.2, 0.25) is 0 Å². The molecule has 0 radical (unpaired) electrons. The number of rotatable bonds is 5. The van der Waals surface area contributed by atoms with E-state index in [1.807, 2.05) is 6.92 Å². The first kappa shape index (κ1) is 13.0. The maximum Gasteiger partial charge on any atom is 0.232 e. The third kappa shape index (κ3) is 2.80. The summed E-state index contributed by atoms with van der Waals surface area (Å²) in [6.07, 6.45) is 4.97. The SMILES string of the molecule is CC1OCCC1c1nc(C(N)COC2CCC2)no1. The molecule has 2 heterocycles. The summed E-state index contributed by atoms with van der Waals surface area (Å²) < 4.78 is 16.5. The Labute approximate surface area is 112 Å². The summed E-state index contributed by atoms with van der Waals surface area (Å²) in [6, 6.07) is -0.310. The Kier molecular flexibility index (Phi) is 3.81. The van der Waals surface area contributed by atoms with Crippen molar-refractivity contribution in [3.05, 3.63) is 11.7 Å². The number of hydrogen-bond donors (Lipinski definition) is 1. The van der Waals surface area contributed by atoms with E-state index < -0.39 is 0 Å². The first-order valence-electron chi connectivity index (χ1n) is 7.06. The van der Waals surface area contributed by atoms with Crippen molar-refractivity contribution >= 4 is 0 Å². The van der Waals surface area contributed by atoms with Crippen molar-refractivity contribution in [1.82, 2.24) is 10.1 Å². The highest BCUT2D eigenvalue weighted by Gasteiger charge is 2.31. The van der Waals surface area contributed by atoms with E-state index in [0.29, 0.717) is 24.4 Å². The van der Waals surface area contributed by atoms with Gasteiger partial charge in [-0.05, 0) is 32.6 Å². The maximum absolute atomic E-state index is 6.03. The largest absolute Gasteiger partial charge is 0.378 e. The Morgan fingerprint density at radius 3 is 2.89 bits per heavy atom. The van der Waals surface area contributed by atoms with Crippen LogP contribution in [0.3, 0.4) is 0 Å². The van der Waals surface area contributed by atoms with Gasteiger partial charge < -0.3 is 19.7 Å². The lowest BCUT2D eigenvalue weighted by atomic mass is 9.96. The van der Waals surface area contributed by atoms with Crippen LogP contribution < -0.4 is 5.73 Å². The number of ether oxygens (including phenoxy) is 2. The molecule has 3 rings (SSSR count). The summed E-state index contributed by atoms with van der Waals surface area (Å²) in [5.74, 6) is 1.37. The molecule has 6 heteroatoms. The molecular formula is C13H21N3O3. The summed E-state index contributed by atoms with van der Waals surface area (Å²) in [7, 11) is 0. The third-order valence-electron chi connectivity index (χ3n) is 4.05. The maximum atomic E-state index is 6.03. The lowest BCUT2D eigenvalue weighted by Gasteiger charge is -2.26. The average molecular weight is 267 g/mol. The highest BCUT2D eigenvalue weighted by atomic mass is 16.5. The summed E-state index contributed by atoms with van der Waals surface area (Å²) in [4.78, 5) is 4.40. The van der Waals surface area contributed by atoms with Gasteiger partial charge in [0.25, 0.3) is 0 Å². The second-order valence-electron chi connectivity index (χ2n) is 5.45. The van der Waals surface area contributed by atoms with Crippen molar-refractivity contribution in [2.24, 2.45) is 5.73 Å². The van der Waals surface area contributed by atoms with E-state index in [-0.39, 0.29) is 18.1 Å². The van der Waals surface area contributed by atoms with Gasteiger partial charge in [-0.15, -0.1) is 0 Å². The predicted molar refractivity (Wildman–Crippen MR) is 67.6 cm³/mol. The normalized spacial score (nSPS) is 29.4. The van der Waals surface area contributed by atoms with Crippen LogP contribution in [0.15, 0.2) is 4.52 Å². The van der Waals surface area contributed by atoms with Crippen molar-refractivity contribution in [2.45, 2.75) is 56.8 Å². The Bertz CT molecular complexity index is 419. The highest BCUT2D eigenvalue weighted by molar-refractivity contribution is 5.01. The van der Waals surface area contributed by atoms with Crippen LogP contribution in [0.4, 0.5) is 0 Å². The van der Waals surface area contributed by atoms with Crippen LogP contribution in [-0.4, -0.2) is 35.6 Å². The molecule has 1 aromatic heterocycles. The van der Waals surface area contributed by atoms with Crippen LogP contribution in [0.25, 0.3) is 0 Å². The zero-order chi connectivity index (χ0) is 13.2. The first-order valence-corrected chi connectivity index (χ1v) is 7.06. The minimum atomic E-state index is -0.310. The monoisotopic (exact) mass is 267 g/mol. The van der Waals surface area contributed by atoms with Gasteiger partial charge >= 0.3 is 0 Å². The van der Waals surface area contributed by atoms with Crippen molar-refractivity contribution in [3.63, 3.8) is 0 Å². The van der Waals surface area contributed by atoms with Crippen LogP contribution in [0.1, 0.15) is 56.3 Å². The van der Waals surface area contributed by atoms with Gasteiger partial charge in [0.15, 0.2) is 5.82 Å². The smallest absolute Gasteiger partial charge is 0.232 e. The van der Waals surface area contributed by atoms with Gasteiger partial charge in [-0.1, -0.05) is 5.16 Å². The van der Waals surface area contributed by atoms with Crippen LogP contribution in [0, 0.1) is 0 Å². The van der Waals surface area contributed by atoms with Gasteiger partial charge in [0.05, 0.1) is 30.8 Å². The van der Waals surface area contributed by atoms with Gasteiger partial charge in [-0.3, -0.25) is 0 Å². The van der Waals surface area contributed by atoms with E-state index in [1.165, 1.54) is 6.42 Å². The first-order chi connectivity index (χ1) is 9.24. The zero-order valence-electron chi connectivity index (χ0n) is 11.2. The van der Waals surface area contributed by atoms with Gasteiger partial charge in [0, 0.05) is 6.61 Å². The molecular weight excluding hydrogens is 246 g/mol. The Balaban J connectivity index is 1.56. The number of aromatic nitrogens is 2. The summed E-state index contributed by atoms with van der Waals surface area (Å²) in [6.45, 7) is 3.24. The molecule has 0 amide bonds. The van der Waals surface area contributed by atoms with Gasteiger partial charge in [-0.2, -0.15) is 4.98 Å². The molecule has 0 bridgehead atoms. The average Bonchev–Trinajstić information content (AvgIpc) is 2.94. The number of nitrogens with two attached hydrogens (primary N) is 1. The molecule has 1 aliphatic heterocycles. The molecule has 2 aliphatic rings. The van der Waals surface area contributed by atoms with E-state index in [4.69, 9.17) is 19.7 Å². The van der Waals surface area contributed by atoms with Gasteiger partial charge in [0.1, 0.15) is 0 Å². The van der Waals surface area contributed by atoms with Crippen molar-refractivity contribution in [2.75, 3.05) is 13.2 Å². The Morgan fingerprint density at radius 2 is 2.26 bits per heavy atom. The van der Waals surface area contributed by atoms with E-state index >= 15 is 0 Å². The van der Waals surface area contributed by atoms with Gasteiger partial charge in [0.2, 0.25) is 5.89 Å². The minimum Gasteiger partial charge on any atom is -0.378 e. The summed E-state index contributed by atoms with van der Waals surface area (Å²) >= 11 is 0. The minimum absolute atomic E-state index is 0.135. The number of nitrogens with zero attached hydrogens (tertiary/aromatic N) is 2. The summed E-state index contributed by atoms with van der Waals surface area (Å²) in [5.41, 5.74) is 6.03. The van der Waals surface area contributed by atoms with Crippen LogP contribution in [0.5, 0.6) is 0 Å². The van der Waals surface area contributed by atoms with E-state index in [9.17, 15) is 0 Å². The lowest BCUT2D eigenvalue weighted by Crippen LogP contribution is -2.27. The molecule has 2 N–H and O–H groups in total. The van der Waals surface area contributed by atoms with E-state index in [2.05, 4.69) is 10.1 Å². The third-order valence-corrected chi connectivity index (χ3v) is 4.05. The zero-order valence-corrected chi connectivity index (χ0v) is 11.2. The molecule has 19 heavy (non-hydrogen) atoms. The van der Waals surface area contributed by atoms with Gasteiger partial charge in [-0.25, -0.2) is 0 Å². The molecule has 3 unspecified atom stereocenters.